The van der Waals surface area contributed by atoms with Gasteiger partial charge in [-0.3, -0.25) is 4.79 Å². The first-order chi connectivity index (χ1) is 8.58. The number of carbonyl (C=O) groups excluding carboxylic acids is 2. The maximum Gasteiger partial charge on any atom is 0.416 e. The third kappa shape index (κ3) is 2.76. The van der Waals surface area contributed by atoms with Crippen LogP contribution in [0.5, 0.6) is 0 Å². The Hall–Kier alpha value is -1.69. The van der Waals surface area contributed by atoms with Crippen molar-refractivity contribution in [3.63, 3.8) is 0 Å². The van der Waals surface area contributed by atoms with Crippen LogP contribution < -0.4 is 5.73 Å². The van der Waals surface area contributed by atoms with Crippen molar-refractivity contribution in [1.82, 2.24) is 4.90 Å². The van der Waals surface area contributed by atoms with Crippen LogP contribution >= 0.6 is 11.8 Å². The van der Waals surface area contributed by atoms with E-state index in [1.54, 1.807) is 0 Å². The fourth-order valence-corrected chi connectivity index (χ4v) is 2.45. The lowest BCUT2D eigenvalue weighted by Crippen LogP contribution is -2.32. The second-order valence-corrected chi connectivity index (χ2v) is 5.02. The van der Waals surface area contributed by atoms with Crippen LogP contribution in [0.25, 0.3) is 0 Å². The fourth-order valence-electron chi connectivity index (χ4n) is 1.58. The Kier molecular flexibility index (Phi) is 3.76. The molecule has 0 saturated carbocycles. The van der Waals surface area contributed by atoms with E-state index in [0.717, 1.165) is 21.0 Å². The van der Waals surface area contributed by atoms with E-state index >= 15 is 0 Å². The second-order valence-electron chi connectivity index (χ2n) is 3.97. The van der Waals surface area contributed by atoms with Crippen molar-refractivity contribution >= 4 is 29.4 Å². The molecule has 0 radical (unpaired) electrons. The molecule has 0 unspecified atom stereocenters. The summed E-state index contributed by atoms with van der Waals surface area (Å²) in [6.07, 6.45) is -0.547. The molecule has 5 nitrogen and oxygen atoms in total. The highest BCUT2D eigenvalue weighted by molar-refractivity contribution is 8.00. The SMILES string of the molecule is Cc1cc(SCC(=O)N2CCOC2=O)ccc1N. The number of nitrogen functional groups attached to an aromatic ring is 1. The third-order valence-electron chi connectivity index (χ3n) is 2.67. The molecule has 0 aliphatic carbocycles. The smallest absolute Gasteiger partial charge is 0.416 e. The molecule has 1 aliphatic heterocycles. The van der Waals surface area contributed by atoms with Gasteiger partial charge in [-0.15, -0.1) is 11.8 Å². The molecule has 1 heterocycles. The van der Waals surface area contributed by atoms with Gasteiger partial charge in [-0.2, -0.15) is 0 Å². The summed E-state index contributed by atoms with van der Waals surface area (Å²) in [6, 6.07) is 5.60. The maximum absolute atomic E-state index is 11.8. The molecule has 96 valence electrons. The fraction of sp³-hybridized carbons (Fsp3) is 0.333. The van der Waals surface area contributed by atoms with Crippen molar-refractivity contribution in [2.45, 2.75) is 11.8 Å². The van der Waals surface area contributed by atoms with E-state index in [-0.39, 0.29) is 18.3 Å². The summed E-state index contributed by atoms with van der Waals surface area (Å²) >= 11 is 1.39. The number of hydrogen-bond donors (Lipinski definition) is 1. The molecule has 1 fully saturated rings. The van der Waals surface area contributed by atoms with E-state index in [2.05, 4.69) is 0 Å². The van der Waals surface area contributed by atoms with Crippen LogP contribution in [0.3, 0.4) is 0 Å². The standard InChI is InChI=1S/C12H14N2O3S/c1-8-6-9(2-3-10(8)13)18-7-11(15)14-4-5-17-12(14)16/h2-3,6H,4-5,7,13H2,1H3. The van der Waals surface area contributed by atoms with Crippen molar-refractivity contribution in [2.75, 3.05) is 24.6 Å². The van der Waals surface area contributed by atoms with Crippen LogP contribution in [0, 0.1) is 6.92 Å². The number of nitrogens with two attached hydrogens (primary N) is 1. The van der Waals surface area contributed by atoms with Crippen molar-refractivity contribution < 1.29 is 14.3 Å². The predicted molar refractivity (Wildman–Crippen MR) is 69.4 cm³/mol. The van der Waals surface area contributed by atoms with Crippen LogP contribution in [0.15, 0.2) is 23.1 Å². The Balaban J connectivity index is 1.93. The highest BCUT2D eigenvalue weighted by atomic mass is 32.2. The minimum atomic E-state index is -0.547. The Morgan fingerprint density at radius 2 is 2.33 bits per heavy atom. The molecule has 0 aromatic heterocycles. The zero-order chi connectivity index (χ0) is 13.1. The number of cyclic esters (lactones) is 1. The molecule has 18 heavy (non-hydrogen) atoms. The van der Waals surface area contributed by atoms with Crippen LogP contribution in [-0.4, -0.2) is 35.8 Å². The monoisotopic (exact) mass is 266 g/mol. The summed E-state index contributed by atoms with van der Waals surface area (Å²) in [6.45, 7) is 2.55. The maximum atomic E-state index is 11.8. The molecule has 2 amide bonds. The first-order valence-corrected chi connectivity index (χ1v) is 6.52. The Bertz CT molecular complexity index is 490. The van der Waals surface area contributed by atoms with Crippen LogP contribution in [0.2, 0.25) is 0 Å². The molecule has 0 atom stereocenters. The van der Waals surface area contributed by atoms with E-state index in [4.69, 9.17) is 10.5 Å². The molecule has 0 spiro atoms. The number of imide groups is 1. The van der Waals surface area contributed by atoms with Gasteiger partial charge >= 0.3 is 6.09 Å². The molecule has 6 heteroatoms. The molecular weight excluding hydrogens is 252 g/mol. The van der Waals surface area contributed by atoms with Crippen LogP contribution in [-0.2, 0) is 9.53 Å². The van der Waals surface area contributed by atoms with Gasteiger partial charge < -0.3 is 10.5 Å². The quantitative estimate of drug-likeness (QED) is 0.665. The van der Waals surface area contributed by atoms with Crippen LogP contribution in [0.4, 0.5) is 10.5 Å². The highest BCUT2D eigenvalue weighted by Crippen LogP contribution is 2.23. The molecule has 1 aromatic carbocycles. The largest absolute Gasteiger partial charge is 0.447 e. The molecule has 1 aliphatic rings. The van der Waals surface area contributed by atoms with Gasteiger partial charge in [0, 0.05) is 10.6 Å². The number of rotatable bonds is 3. The molecule has 1 saturated heterocycles. The van der Waals surface area contributed by atoms with E-state index in [1.165, 1.54) is 11.8 Å². The third-order valence-corrected chi connectivity index (χ3v) is 3.64. The minimum absolute atomic E-state index is 0.221. The van der Waals surface area contributed by atoms with Crippen LogP contribution in [0.1, 0.15) is 5.56 Å². The first-order valence-electron chi connectivity index (χ1n) is 5.54. The zero-order valence-electron chi connectivity index (χ0n) is 10.0. The van der Waals surface area contributed by atoms with E-state index in [0.29, 0.717) is 6.54 Å². The number of hydrogen-bond acceptors (Lipinski definition) is 5. The molecule has 0 bridgehead atoms. The Morgan fingerprint density at radius 3 is 2.94 bits per heavy atom. The predicted octanol–water partition coefficient (Wildman–Crippen LogP) is 1.65. The molecule has 1 aromatic rings. The average molecular weight is 266 g/mol. The lowest BCUT2D eigenvalue weighted by Gasteiger charge is -2.10. The topological polar surface area (TPSA) is 72.6 Å². The van der Waals surface area contributed by atoms with Crippen molar-refractivity contribution in [1.29, 1.82) is 0 Å². The van der Waals surface area contributed by atoms with E-state index < -0.39 is 6.09 Å². The Labute approximate surface area is 109 Å². The summed E-state index contributed by atoms with van der Waals surface area (Å²) in [5, 5.41) is 0. The molecule has 2 N–H and O–H groups in total. The zero-order valence-corrected chi connectivity index (χ0v) is 10.8. The Morgan fingerprint density at radius 1 is 1.56 bits per heavy atom. The summed E-state index contributed by atoms with van der Waals surface area (Å²) in [7, 11) is 0. The molecular formula is C12H14N2O3S. The number of thioether (sulfide) groups is 1. The van der Waals surface area contributed by atoms with Gasteiger partial charge in [-0.1, -0.05) is 0 Å². The lowest BCUT2D eigenvalue weighted by atomic mass is 10.2. The number of anilines is 1. The number of aryl methyl sites for hydroxylation is 1. The van der Waals surface area contributed by atoms with Gasteiger partial charge in [-0.25, -0.2) is 9.69 Å². The van der Waals surface area contributed by atoms with Gasteiger partial charge in [0.05, 0.1) is 12.3 Å². The number of amides is 2. The number of carbonyl (C=O) groups is 2. The number of benzene rings is 1. The van der Waals surface area contributed by atoms with Crippen molar-refractivity contribution in [3.05, 3.63) is 23.8 Å². The van der Waals surface area contributed by atoms with E-state index in [1.807, 2.05) is 25.1 Å². The first kappa shape index (κ1) is 12.8. The van der Waals surface area contributed by atoms with Crippen molar-refractivity contribution in [3.8, 4) is 0 Å². The lowest BCUT2D eigenvalue weighted by molar-refractivity contribution is -0.124. The normalized spacial score (nSPS) is 14.7. The summed E-state index contributed by atoms with van der Waals surface area (Å²) in [5.74, 6) is -0.00433. The van der Waals surface area contributed by atoms with Gasteiger partial charge in [0.15, 0.2) is 0 Å². The van der Waals surface area contributed by atoms with Crippen molar-refractivity contribution in [2.24, 2.45) is 0 Å². The number of nitrogens with zero attached hydrogens (tertiary/aromatic N) is 1. The summed E-state index contributed by atoms with van der Waals surface area (Å²) < 4.78 is 4.71. The summed E-state index contributed by atoms with van der Waals surface area (Å²) in [5.41, 5.74) is 7.43. The van der Waals surface area contributed by atoms with E-state index in [9.17, 15) is 9.59 Å². The van der Waals surface area contributed by atoms with Gasteiger partial charge in [0.25, 0.3) is 0 Å². The van der Waals surface area contributed by atoms with Gasteiger partial charge in [0.1, 0.15) is 6.61 Å². The molecule has 2 rings (SSSR count). The van der Waals surface area contributed by atoms with Gasteiger partial charge in [-0.05, 0) is 30.7 Å². The summed E-state index contributed by atoms with van der Waals surface area (Å²) in [4.78, 5) is 25.0. The number of ether oxygens (including phenoxy) is 1. The van der Waals surface area contributed by atoms with Gasteiger partial charge in [0.2, 0.25) is 5.91 Å². The minimum Gasteiger partial charge on any atom is -0.447 e. The highest BCUT2D eigenvalue weighted by Gasteiger charge is 2.27. The second kappa shape index (κ2) is 5.30. The average Bonchev–Trinajstić information content (AvgIpc) is 2.77.